The van der Waals surface area contributed by atoms with E-state index in [2.05, 4.69) is 58.5 Å². The summed E-state index contributed by atoms with van der Waals surface area (Å²) in [6.07, 6.45) is 1.08. The molecule has 1 aliphatic rings. The molecule has 0 aliphatic carbocycles. The second-order valence-electron chi connectivity index (χ2n) is 6.01. The molecule has 3 rings (SSSR count). The molecule has 1 atom stereocenters. The Hall–Kier alpha value is -1.95. The Bertz CT molecular complexity index is 625. The molecule has 0 amide bonds. The van der Waals surface area contributed by atoms with Gasteiger partial charge in [0.15, 0.2) is 5.82 Å². The molecule has 0 radical (unpaired) electrons. The van der Waals surface area contributed by atoms with Crippen molar-refractivity contribution in [3.63, 3.8) is 0 Å². The summed E-state index contributed by atoms with van der Waals surface area (Å²) in [5, 5.41) is 12.3. The van der Waals surface area contributed by atoms with Crippen LogP contribution in [0.4, 0.5) is 5.69 Å². The smallest absolute Gasteiger partial charge is 0.174 e. The van der Waals surface area contributed by atoms with Gasteiger partial charge in [-0.3, -0.25) is 0 Å². The molecule has 0 spiro atoms. The van der Waals surface area contributed by atoms with Gasteiger partial charge in [0, 0.05) is 19.3 Å². The van der Waals surface area contributed by atoms with Crippen LogP contribution in [0.3, 0.4) is 0 Å². The van der Waals surface area contributed by atoms with Crippen molar-refractivity contribution >= 4 is 5.69 Å². The number of anilines is 1. The maximum Gasteiger partial charge on any atom is 0.174 e. The third-order valence-corrected chi connectivity index (χ3v) is 4.22. The summed E-state index contributed by atoms with van der Waals surface area (Å²) in [6, 6.07) is 8.79. The van der Waals surface area contributed by atoms with Crippen LogP contribution in [0, 0.1) is 5.92 Å². The number of fused-ring (bicyclic) bond motifs is 1. The van der Waals surface area contributed by atoms with E-state index in [-0.39, 0.29) is 6.04 Å². The number of para-hydroxylation sites is 1. The van der Waals surface area contributed by atoms with E-state index in [0.29, 0.717) is 19.1 Å². The van der Waals surface area contributed by atoms with E-state index in [4.69, 9.17) is 4.74 Å². The topological polar surface area (TPSA) is 56.1 Å². The van der Waals surface area contributed by atoms with Crippen molar-refractivity contribution in [2.75, 3.05) is 25.2 Å². The highest BCUT2D eigenvalue weighted by molar-refractivity contribution is 5.59. The summed E-state index contributed by atoms with van der Waals surface area (Å²) in [7, 11) is 1.70. The first-order valence-corrected chi connectivity index (χ1v) is 7.82. The lowest BCUT2D eigenvalue weighted by Gasteiger charge is -2.32. The molecule has 0 N–H and O–H groups in total. The molecule has 6 nitrogen and oxygen atoms in total. The Kier molecular flexibility index (Phi) is 4.38. The van der Waals surface area contributed by atoms with Gasteiger partial charge in [-0.05, 0) is 34.4 Å². The molecule has 0 fully saturated rings. The molecule has 0 saturated carbocycles. The first-order chi connectivity index (χ1) is 10.7. The minimum absolute atomic E-state index is 0.176. The third kappa shape index (κ3) is 2.70. The number of hydrogen-bond donors (Lipinski definition) is 0. The van der Waals surface area contributed by atoms with Crippen LogP contribution >= 0.6 is 0 Å². The number of methoxy groups -OCH3 is 1. The molecular formula is C16H23N5O. The second kappa shape index (κ2) is 6.44. The normalized spacial score (nSPS) is 15.4. The van der Waals surface area contributed by atoms with Crippen LogP contribution in [0.1, 0.15) is 31.3 Å². The fourth-order valence-electron chi connectivity index (χ4n) is 3.21. The summed E-state index contributed by atoms with van der Waals surface area (Å²) in [5.74, 6) is 1.34. The van der Waals surface area contributed by atoms with Gasteiger partial charge in [0.2, 0.25) is 0 Å². The van der Waals surface area contributed by atoms with Gasteiger partial charge in [0.25, 0.3) is 0 Å². The number of aromatic nitrogens is 4. The van der Waals surface area contributed by atoms with E-state index in [1.54, 1.807) is 7.11 Å². The Morgan fingerprint density at radius 2 is 2.09 bits per heavy atom. The number of ether oxygens (including phenoxy) is 1. The quantitative estimate of drug-likeness (QED) is 0.817. The van der Waals surface area contributed by atoms with Gasteiger partial charge >= 0.3 is 0 Å². The van der Waals surface area contributed by atoms with E-state index in [0.717, 1.165) is 18.8 Å². The second-order valence-corrected chi connectivity index (χ2v) is 6.01. The highest BCUT2D eigenvalue weighted by atomic mass is 16.5. The van der Waals surface area contributed by atoms with Gasteiger partial charge in [-0.25, -0.2) is 4.68 Å². The standard InChI is InChI=1S/C16H23N5O/c1-12(2)15(16-17-18-19-21(16)10-11-22-3)20-9-8-13-6-4-5-7-14(13)20/h4-7,12,15H,8-11H2,1-3H3/t15-/m0/s1. The predicted octanol–water partition coefficient (Wildman–Crippen LogP) is 2.08. The fourth-order valence-corrected chi connectivity index (χ4v) is 3.21. The van der Waals surface area contributed by atoms with Crippen LogP contribution in [0.2, 0.25) is 0 Å². The van der Waals surface area contributed by atoms with Crippen LogP contribution in [0.25, 0.3) is 0 Å². The van der Waals surface area contributed by atoms with Crippen molar-refractivity contribution < 1.29 is 4.74 Å². The van der Waals surface area contributed by atoms with Gasteiger partial charge in [0.1, 0.15) is 0 Å². The number of hydrogen-bond acceptors (Lipinski definition) is 5. The first kappa shape index (κ1) is 15.0. The van der Waals surface area contributed by atoms with Crippen molar-refractivity contribution in [3.05, 3.63) is 35.7 Å². The van der Waals surface area contributed by atoms with E-state index < -0.39 is 0 Å². The zero-order valence-corrected chi connectivity index (χ0v) is 13.4. The minimum atomic E-state index is 0.176. The average molecular weight is 301 g/mol. The SMILES string of the molecule is COCCn1nnnc1[C@H](C(C)C)N1CCc2ccccc21. The molecule has 1 aromatic carbocycles. The summed E-state index contributed by atoms with van der Waals surface area (Å²) < 4.78 is 7.03. The van der Waals surface area contributed by atoms with Gasteiger partial charge in [-0.2, -0.15) is 0 Å². The van der Waals surface area contributed by atoms with Crippen molar-refractivity contribution in [1.29, 1.82) is 0 Å². The molecule has 1 aromatic heterocycles. The molecule has 0 bridgehead atoms. The molecule has 2 aromatic rings. The zero-order valence-electron chi connectivity index (χ0n) is 13.4. The molecule has 0 saturated heterocycles. The van der Waals surface area contributed by atoms with E-state index in [1.807, 2.05) is 4.68 Å². The van der Waals surface area contributed by atoms with E-state index in [1.165, 1.54) is 11.3 Å². The predicted molar refractivity (Wildman–Crippen MR) is 84.8 cm³/mol. The van der Waals surface area contributed by atoms with Crippen molar-refractivity contribution in [2.24, 2.45) is 5.92 Å². The van der Waals surface area contributed by atoms with Gasteiger partial charge in [-0.15, -0.1) is 5.10 Å². The third-order valence-electron chi connectivity index (χ3n) is 4.22. The largest absolute Gasteiger partial charge is 0.383 e. The van der Waals surface area contributed by atoms with Crippen LogP contribution in [0.5, 0.6) is 0 Å². The fraction of sp³-hybridized carbons (Fsp3) is 0.562. The lowest BCUT2D eigenvalue weighted by molar-refractivity contribution is 0.180. The van der Waals surface area contributed by atoms with Crippen molar-refractivity contribution in [3.8, 4) is 0 Å². The summed E-state index contributed by atoms with van der Waals surface area (Å²) in [6.45, 7) is 6.75. The minimum Gasteiger partial charge on any atom is -0.383 e. The monoisotopic (exact) mass is 301 g/mol. The molecule has 0 unspecified atom stereocenters. The molecule has 118 valence electrons. The lowest BCUT2D eigenvalue weighted by atomic mass is 10.0. The zero-order chi connectivity index (χ0) is 15.5. The van der Waals surface area contributed by atoms with Crippen LogP contribution in [0.15, 0.2) is 24.3 Å². The van der Waals surface area contributed by atoms with Gasteiger partial charge in [-0.1, -0.05) is 32.0 Å². The highest BCUT2D eigenvalue weighted by Gasteiger charge is 2.32. The molecule has 2 heterocycles. The highest BCUT2D eigenvalue weighted by Crippen LogP contribution is 2.37. The number of benzene rings is 1. The maximum atomic E-state index is 5.16. The summed E-state index contributed by atoms with van der Waals surface area (Å²) >= 11 is 0. The van der Waals surface area contributed by atoms with Crippen LogP contribution < -0.4 is 4.90 Å². The average Bonchev–Trinajstić information content (AvgIpc) is 3.13. The number of nitrogens with zero attached hydrogens (tertiary/aromatic N) is 5. The van der Waals surface area contributed by atoms with Crippen LogP contribution in [-0.4, -0.2) is 40.5 Å². The maximum absolute atomic E-state index is 5.16. The number of tetrazole rings is 1. The Labute approximate surface area is 131 Å². The van der Waals surface area contributed by atoms with E-state index in [9.17, 15) is 0 Å². The Balaban J connectivity index is 1.93. The van der Waals surface area contributed by atoms with Crippen molar-refractivity contribution in [1.82, 2.24) is 20.2 Å². The molecule has 1 aliphatic heterocycles. The van der Waals surface area contributed by atoms with Gasteiger partial charge in [0.05, 0.1) is 19.2 Å². The number of rotatable bonds is 6. The molecule has 22 heavy (non-hydrogen) atoms. The molecular weight excluding hydrogens is 278 g/mol. The Morgan fingerprint density at radius 1 is 1.27 bits per heavy atom. The molecule has 6 heteroatoms. The first-order valence-electron chi connectivity index (χ1n) is 7.82. The van der Waals surface area contributed by atoms with Crippen molar-refractivity contribution in [2.45, 2.75) is 32.9 Å². The van der Waals surface area contributed by atoms with Gasteiger partial charge < -0.3 is 9.64 Å². The van der Waals surface area contributed by atoms with E-state index >= 15 is 0 Å². The van der Waals surface area contributed by atoms with Crippen LogP contribution in [-0.2, 0) is 17.7 Å². The summed E-state index contributed by atoms with van der Waals surface area (Å²) in [4.78, 5) is 2.44. The summed E-state index contributed by atoms with van der Waals surface area (Å²) in [5.41, 5.74) is 2.71. The Morgan fingerprint density at radius 3 is 2.86 bits per heavy atom. The lowest BCUT2D eigenvalue weighted by Crippen LogP contribution is -2.33.